The average molecular weight is 288 g/mol. The van der Waals surface area contributed by atoms with Gasteiger partial charge in [-0.15, -0.1) is 0 Å². The highest BCUT2D eigenvalue weighted by Gasteiger charge is 2.24. The van der Waals surface area contributed by atoms with E-state index in [0.717, 1.165) is 13.1 Å². The molecule has 0 aliphatic carbocycles. The molecule has 0 aromatic carbocycles. The minimum Gasteiger partial charge on any atom is -0.391 e. The van der Waals surface area contributed by atoms with Gasteiger partial charge in [0.25, 0.3) is 0 Å². The van der Waals surface area contributed by atoms with Crippen molar-refractivity contribution in [1.29, 1.82) is 0 Å². The van der Waals surface area contributed by atoms with Crippen LogP contribution in [0.1, 0.15) is 41.5 Å². The van der Waals surface area contributed by atoms with Crippen LogP contribution in [0.5, 0.6) is 0 Å². The monoisotopic (exact) mass is 288 g/mol. The Morgan fingerprint density at radius 3 is 1.15 bits per heavy atom. The van der Waals surface area contributed by atoms with Gasteiger partial charge in [0.15, 0.2) is 0 Å². The van der Waals surface area contributed by atoms with Crippen molar-refractivity contribution in [1.82, 2.24) is 9.80 Å². The van der Waals surface area contributed by atoms with E-state index >= 15 is 0 Å². The summed E-state index contributed by atoms with van der Waals surface area (Å²) in [5.74, 6) is 0. The van der Waals surface area contributed by atoms with Crippen molar-refractivity contribution in [2.24, 2.45) is 10.8 Å². The van der Waals surface area contributed by atoms with E-state index in [2.05, 4.69) is 51.3 Å². The fourth-order valence-corrected chi connectivity index (χ4v) is 1.66. The van der Waals surface area contributed by atoms with Crippen molar-refractivity contribution >= 4 is 0 Å². The summed E-state index contributed by atoms with van der Waals surface area (Å²) in [5.41, 5.74) is -0.162. The lowest BCUT2D eigenvalue weighted by Crippen LogP contribution is -2.43. The summed E-state index contributed by atoms with van der Waals surface area (Å²) >= 11 is 0. The molecule has 0 aromatic rings. The van der Waals surface area contributed by atoms with Crippen LogP contribution in [-0.4, -0.2) is 72.5 Å². The normalized spacial score (nSPS) is 16.8. The zero-order chi connectivity index (χ0) is 16.1. The topological polar surface area (TPSA) is 46.9 Å². The molecule has 122 valence electrons. The molecule has 0 saturated heterocycles. The van der Waals surface area contributed by atoms with E-state index < -0.39 is 0 Å². The molecule has 2 N–H and O–H groups in total. The Labute approximate surface area is 125 Å². The van der Waals surface area contributed by atoms with Crippen LogP contribution in [0.15, 0.2) is 0 Å². The molecule has 0 rings (SSSR count). The van der Waals surface area contributed by atoms with Crippen LogP contribution in [0, 0.1) is 10.8 Å². The van der Waals surface area contributed by atoms with Crippen LogP contribution in [0.25, 0.3) is 0 Å². The van der Waals surface area contributed by atoms with Gasteiger partial charge < -0.3 is 20.0 Å². The Kier molecular flexibility index (Phi) is 7.67. The molecule has 0 bridgehead atoms. The van der Waals surface area contributed by atoms with Crippen LogP contribution in [0.2, 0.25) is 0 Å². The minimum absolute atomic E-state index is 0.0808. The third-order valence-electron chi connectivity index (χ3n) is 3.83. The number of hydrogen-bond acceptors (Lipinski definition) is 4. The number of aliphatic hydroxyl groups is 2. The van der Waals surface area contributed by atoms with Gasteiger partial charge in [0.2, 0.25) is 0 Å². The summed E-state index contributed by atoms with van der Waals surface area (Å²) in [5, 5.41) is 20.2. The van der Waals surface area contributed by atoms with Gasteiger partial charge in [-0.1, -0.05) is 41.5 Å². The van der Waals surface area contributed by atoms with Gasteiger partial charge in [-0.25, -0.2) is 0 Å². The van der Waals surface area contributed by atoms with Gasteiger partial charge in [0, 0.05) is 26.2 Å². The van der Waals surface area contributed by atoms with Crippen LogP contribution in [0.4, 0.5) is 0 Å². The van der Waals surface area contributed by atoms with Crippen molar-refractivity contribution in [2.75, 3.05) is 40.3 Å². The lowest BCUT2D eigenvalue weighted by atomic mass is 9.89. The predicted octanol–water partition coefficient (Wildman–Crippen LogP) is 1.66. The summed E-state index contributed by atoms with van der Waals surface area (Å²) in [7, 11) is 4.06. The third kappa shape index (κ3) is 8.20. The quantitative estimate of drug-likeness (QED) is 0.748. The Bertz CT molecular complexity index is 241. The van der Waals surface area contributed by atoms with E-state index in [0.29, 0.717) is 13.1 Å². The molecule has 0 spiro atoms. The van der Waals surface area contributed by atoms with E-state index in [1.807, 2.05) is 14.1 Å². The van der Waals surface area contributed by atoms with E-state index in [1.54, 1.807) is 0 Å². The molecule has 0 aliphatic rings. The lowest BCUT2D eigenvalue weighted by molar-refractivity contribution is 0.0227. The highest BCUT2D eigenvalue weighted by molar-refractivity contribution is 4.77. The van der Waals surface area contributed by atoms with E-state index in [4.69, 9.17) is 0 Å². The molecule has 4 nitrogen and oxygen atoms in total. The Hall–Kier alpha value is -0.160. The molecule has 0 saturated carbocycles. The average Bonchev–Trinajstić information content (AvgIpc) is 2.23. The zero-order valence-electron chi connectivity index (χ0n) is 14.8. The standard InChI is InChI=1S/C16H36N2O2/c1-15(2,3)13(19)11-17(7)9-10-18(8)12-14(20)16(4,5)6/h13-14,19-20H,9-12H2,1-8H3/t13-,14-/m0/s1. The van der Waals surface area contributed by atoms with Gasteiger partial charge in [0.1, 0.15) is 0 Å². The van der Waals surface area contributed by atoms with Crippen LogP contribution < -0.4 is 0 Å². The molecule has 0 heterocycles. The van der Waals surface area contributed by atoms with Crippen molar-refractivity contribution < 1.29 is 10.2 Å². The maximum Gasteiger partial charge on any atom is 0.0715 e. The van der Waals surface area contributed by atoms with Gasteiger partial charge in [-0.2, -0.15) is 0 Å². The molecular formula is C16H36N2O2. The SMILES string of the molecule is CN(CCN(C)C[C@H](O)C(C)(C)C)C[C@H](O)C(C)(C)C. The Balaban J connectivity index is 4.04. The molecule has 2 atom stereocenters. The highest BCUT2D eigenvalue weighted by Crippen LogP contribution is 2.20. The van der Waals surface area contributed by atoms with Crippen molar-refractivity contribution in [3.63, 3.8) is 0 Å². The number of rotatable bonds is 7. The van der Waals surface area contributed by atoms with Crippen LogP contribution >= 0.6 is 0 Å². The number of likely N-dealkylation sites (N-methyl/N-ethyl adjacent to an activating group) is 2. The largest absolute Gasteiger partial charge is 0.391 e. The van der Waals surface area contributed by atoms with E-state index in [1.165, 1.54) is 0 Å². The van der Waals surface area contributed by atoms with E-state index in [-0.39, 0.29) is 23.0 Å². The second kappa shape index (κ2) is 7.74. The van der Waals surface area contributed by atoms with Gasteiger partial charge in [-0.05, 0) is 24.9 Å². The summed E-state index contributed by atoms with van der Waals surface area (Å²) in [6, 6.07) is 0. The van der Waals surface area contributed by atoms with E-state index in [9.17, 15) is 10.2 Å². The molecule has 0 aromatic heterocycles. The summed E-state index contributed by atoms with van der Waals surface area (Å²) in [6.07, 6.45) is -0.643. The number of aliphatic hydroxyl groups excluding tert-OH is 2. The van der Waals surface area contributed by atoms with Crippen molar-refractivity contribution in [2.45, 2.75) is 53.8 Å². The molecule has 20 heavy (non-hydrogen) atoms. The molecule has 0 radical (unpaired) electrons. The summed E-state index contributed by atoms with van der Waals surface area (Å²) in [4.78, 5) is 4.30. The molecular weight excluding hydrogens is 252 g/mol. The molecule has 4 heteroatoms. The van der Waals surface area contributed by atoms with Gasteiger partial charge in [-0.3, -0.25) is 0 Å². The maximum atomic E-state index is 10.1. The second-order valence-corrected chi connectivity index (χ2v) is 8.29. The second-order valence-electron chi connectivity index (χ2n) is 8.29. The van der Waals surface area contributed by atoms with Gasteiger partial charge in [0.05, 0.1) is 12.2 Å². The molecule has 0 unspecified atom stereocenters. The predicted molar refractivity (Wildman–Crippen MR) is 85.9 cm³/mol. The minimum atomic E-state index is -0.321. The first-order valence-electron chi connectivity index (χ1n) is 7.57. The fourth-order valence-electron chi connectivity index (χ4n) is 1.66. The van der Waals surface area contributed by atoms with Crippen LogP contribution in [0.3, 0.4) is 0 Å². The zero-order valence-corrected chi connectivity index (χ0v) is 14.8. The first-order valence-corrected chi connectivity index (χ1v) is 7.57. The molecule has 0 aliphatic heterocycles. The summed E-state index contributed by atoms with van der Waals surface area (Å²) in [6.45, 7) is 15.5. The lowest BCUT2D eigenvalue weighted by Gasteiger charge is -2.32. The molecule has 0 amide bonds. The third-order valence-corrected chi connectivity index (χ3v) is 3.83. The Morgan fingerprint density at radius 1 is 0.700 bits per heavy atom. The Morgan fingerprint density at radius 2 is 0.950 bits per heavy atom. The fraction of sp³-hybridized carbons (Fsp3) is 1.00. The highest BCUT2D eigenvalue weighted by atomic mass is 16.3. The maximum absolute atomic E-state index is 10.1. The van der Waals surface area contributed by atoms with Crippen molar-refractivity contribution in [3.8, 4) is 0 Å². The smallest absolute Gasteiger partial charge is 0.0715 e. The number of nitrogens with zero attached hydrogens (tertiary/aromatic N) is 2. The first-order chi connectivity index (χ1) is 8.84. The first kappa shape index (κ1) is 19.8. The van der Waals surface area contributed by atoms with Crippen molar-refractivity contribution in [3.05, 3.63) is 0 Å². The van der Waals surface area contributed by atoms with Gasteiger partial charge >= 0.3 is 0 Å². The number of hydrogen-bond donors (Lipinski definition) is 2. The van der Waals surface area contributed by atoms with Crippen LogP contribution in [-0.2, 0) is 0 Å². The molecule has 0 fully saturated rings. The summed E-state index contributed by atoms with van der Waals surface area (Å²) < 4.78 is 0.